The van der Waals surface area contributed by atoms with E-state index in [0.29, 0.717) is 32.1 Å². The van der Waals surface area contributed by atoms with Gasteiger partial charge >= 0.3 is 0 Å². The van der Waals surface area contributed by atoms with Crippen LogP contribution in [0.15, 0.2) is 42.5 Å². The Bertz CT molecular complexity index is 834. The largest absolute Gasteiger partial charge is 0.496 e. The number of anilines is 1. The molecular weight excluding hydrogens is 350 g/mol. The predicted octanol–water partition coefficient (Wildman–Crippen LogP) is 2.37. The number of nitrogens with one attached hydrogen (secondary N) is 1. The van der Waals surface area contributed by atoms with Crippen LogP contribution in [0, 0.1) is 10.1 Å². The molecule has 1 aliphatic rings. The average molecular weight is 371 g/mol. The first-order chi connectivity index (χ1) is 13.1. The highest BCUT2D eigenvalue weighted by Crippen LogP contribution is 2.26. The van der Waals surface area contributed by atoms with Crippen molar-refractivity contribution in [2.45, 2.75) is 6.54 Å². The van der Waals surface area contributed by atoms with Crippen LogP contribution in [0.2, 0.25) is 0 Å². The molecule has 1 fully saturated rings. The van der Waals surface area contributed by atoms with Crippen molar-refractivity contribution in [1.82, 2.24) is 5.32 Å². The minimum absolute atomic E-state index is 0.0406. The number of hydrogen-bond acceptors (Lipinski definition) is 6. The number of carbonyl (C=O) groups excluding carboxylic acids is 1. The Labute approximate surface area is 156 Å². The van der Waals surface area contributed by atoms with Gasteiger partial charge in [-0.3, -0.25) is 14.9 Å². The summed E-state index contributed by atoms with van der Waals surface area (Å²) in [6, 6.07) is 11.9. The van der Waals surface area contributed by atoms with Gasteiger partial charge in [0, 0.05) is 37.0 Å². The van der Waals surface area contributed by atoms with Gasteiger partial charge in [-0.05, 0) is 18.2 Å². The minimum atomic E-state index is -0.541. The standard InChI is InChI=1S/C19H21N3O5/c1-26-18-5-3-2-4-14(18)13-20-19(23)16-12-15(6-7-17(16)22(24)25)21-8-10-27-11-9-21/h2-7,12H,8-11,13H2,1H3,(H,20,23). The highest BCUT2D eigenvalue weighted by molar-refractivity contribution is 5.99. The van der Waals surface area contributed by atoms with E-state index in [-0.39, 0.29) is 17.8 Å². The van der Waals surface area contributed by atoms with E-state index in [2.05, 4.69) is 5.32 Å². The number of ether oxygens (including phenoxy) is 2. The lowest BCUT2D eigenvalue weighted by Crippen LogP contribution is -2.36. The summed E-state index contributed by atoms with van der Waals surface area (Å²) in [5.74, 6) is 0.150. The maximum atomic E-state index is 12.7. The van der Waals surface area contributed by atoms with Gasteiger partial charge in [0.2, 0.25) is 0 Å². The van der Waals surface area contributed by atoms with Gasteiger partial charge in [-0.15, -0.1) is 0 Å². The minimum Gasteiger partial charge on any atom is -0.496 e. The Balaban J connectivity index is 1.82. The van der Waals surface area contributed by atoms with Crippen LogP contribution in [0.3, 0.4) is 0 Å². The third kappa shape index (κ3) is 4.35. The highest BCUT2D eigenvalue weighted by atomic mass is 16.6. The number of nitro groups is 1. The third-order valence-electron chi connectivity index (χ3n) is 4.43. The number of nitrogens with zero attached hydrogens (tertiary/aromatic N) is 2. The van der Waals surface area contributed by atoms with Crippen LogP contribution in [-0.4, -0.2) is 44.2 Å². The first-order valence-corrected chi connectivity index (χ1v) is 8.61. The molecule has 142 valence electrons. The Morgan fingerprint density at radius 1 is 1.26 bits per heavy atom. The number of hydrogen-bond donors (Lipinski definition) is 1. The Morgan fingerprint density at radius 3 is 2.70 bits per heavy atom. The Morgan fingerprint density at radius 2 is 2.00 bits per heavy atom. The van der Waals surface area contributed by atoms with Crippen molar-refractivity contribution in [2.24, 2.45) is 0 Å². The fraction of sp³-hybridized carbons (Fsp3) is 0.316. The number of morpholine rings is 1. The van der Waals surface area contributed by atoms with Gasteiger partial charge in [0.25, 0.3) is 11.6 Å². The van der Waals surface area contributed by atoms with E-state index in [1.165, 1.54) is 6.07 Å². The molecular formula is C19H21N3O5. The summed E-state index contributed by atoms with van der Waals surface area (Å²) in [7, 11) is 1.55. The number of carbonyl (C=O) groups is 1. The lowest BCUT2D eigenvalue weighted by atomic mass is 10.1. The first kappa shape index (κ1) is 18.7. The van der Waals surface area contributed by atoms with Gasteiger partial charge in [0.05, 0.1) is 25.2 Å². The SMILES string of the molecule is COc1ccccc1CNC(=O)c1cc(N2CCOCC2)ccc1[N+](=O)[O-]. The predicted molar refractivity (Wildman–Crippen MR) is 100 cm³/mol. The van der Waals surface area contributed by atoms with Gasteiger partial charge in [0.1, 0.15) is 11.3 Å². The van der Waals surface area contributed by atoms with E-state index in [4.69, 9.17) is 9.47 Å². The van der Waals surface area contributed by atoms with Gasteiger partial charge in [-0.1, -0.05) is 18.2 Å². The van der Waals surface area contributed by atoms with E-state index >= 15 is 0 Å². The van der Waals surface area contributed by atoms with Crippen LogP contribution in [0.25, 0.3) is 0 Å². The van der Waals surface area contributed by atoms with E-state index < -0.39 is 10.8 Å². The molecule has 8 nitrogen and oxygen atoms in total. The molecule has 1 N–H and O–H groups in total. The zero-order valence-corrected chi connectivity index (χ0v) is 15.0. The van der Waals surface area contributed by atoms with Gasteiger partial charge in [0.15, 0.2) is 0 Å². The van der Waals surface area contributed by atoms with Crippen LogP contribution in [-0.2, 0) is 11.3 Å². The molecule has 3 rings (SSSR count). The number of para-hydroxylation sites is 1. The molecule has 0 saturated carbocycles. The quantitative estimate of drug-likeness (QED) is 0.619. The molecule has 0 aromatic heterocycles. The number of nitro benzene ring substituents is 1. The summed E-state index contributed by atoms with van der Waals surface area (Å²) in [6.07, 6.45) is 0. The van der Waals surface area contributed by atoms with E-state index in [1.807, 2.05) is 23.1 Å². The van der Waals surface area contributed by atoms with E-state index in [1.54, 1.807) is 25.3 Å². The zero-order chi connectivity index (χ0) is 19.2. The monoisotopic (exact) mass is 371 g/mol. The Kier molecular flexibility index (Phi) is 5.87. The molecule has 0 aliphatic carbocycles. The van der Waals surface area contributed by atoms with Crippen molar-refractivity contribution in [1.29, 1.82) is 0 Å². The number of benzene rings is 2. The molecule has 2 aromatic rings. The fourth-order valence-electron chi connectivity index (χ4n) is 3.00. The van der Waals surface area contributed by atoms with Gasteiger partial charge in [-0.2, -0.15) is 0 Å². The zero-order valence-electron chi connectivity index (χ0n) is 15.0. The summed E-state index contributed by atoms with van der Waals surface area (Å²) < 4.78 is 10.6. The van der Waals surface area contributed by atoms with E-state index in [0.717, 1.165) is 11.3 Å². The third-order valence-corrected chi connectivity index (χ3v) is 4.43. The van der Waals surface area contributed by atoms with Crippen molar-refractivity contribution in [2.75, 3.05) is 38.3 Å². The summed E-state index contributed by atoms with van der Waals surface area (Å²) in [5, 5.41) is 14.1. The van der Waals surface area contributed by atoms with Crippen LogP contribution in [0.1, 0.15) is 15.9 Å². The molecule has 1 saturated heterocycles. The van der Waals surface area contributed by atoms with Gasteiger partial charge in [-0.25, -0.2) is 0 Å². The molecule has 1 heterocycles. The van der Waals surface area contributed by atoms with Crippen molar-refractivity contribution < 1.29 is 19.2 Å². The average Bonchev–Trinajstić information content (AvgIpc) is 2.72. The number of rotatable bonds is 6. The second-order valence-electron chi connectivity index (χ2n) is 6.05. The van der Waals surface area contributed by atoms with Crippen molar-refractivity contribution >= 4 is 17.3 Å². The molecule has 1 aliphatic heterocycles. The normalized spacial score (nSPS) is 13.9. The number of methoxy groups -OCH3 is 1. The lowest BCUT2D eigenvalue weighted by molar-refractivity contribution is -0.385. The molecule has 0 bridgehead atoms. The van der Waals surface area contributed by atoms with Crippen molar-refractivity contribution in [3.8, 4) is 5.75 Å². The lowest BCUT2D eigenvalue weighted by Gasteiger charge is -2.29. The van der Waals surface area contributed by atoms with Crippen molar-refractivity contribution in [3.63, 3.8) is 0 Å². The molecule has 2 aromatic carbocycles. The molecule has 27 heavy (non-hydrogen) atoms. The smallest absolute Gasteiger partial charge is 0.282 e. The van der Waals surface area contributed by atoms with Crippen molar-refractivity contribution in [3.05, 3.63) is 63.7 Å². The second kappa shape index (κ2) is 8.50. The maximum Gasteiger partial charge on any atom is 0.282 e. The van der Waals surface area contributed by atoms with Crippen LogP contribution < -0.4 is 15.0 Å². The fourth-order valence-corrected chi connectivity index (χ4v) is 3.00. The molecule has 0 radical (unpaired) electrons. The van der Waals surface area contributed by atoms with Gasteiger partial charge < -0.3 is 19.7 Å². The number of amides is 1. The summed E-state index contributed by atoms with van der Waals surface area (Å²) in [4.78, 5) is 25.5. The summed E-state index contributed by atoms with van der Waals surface area (Å²) >= 11 is 0. The molecule has 0 spiro atoms. The molecule has 0 atom stereocenters. The van der Waals surface area contributed by atoms with E-state index in [9.17, 15) is 14.9 Å². The second-order valence-corrected chi connectivity index (χ2v) is 6.05. The highest BCUT2D eigenvalue weighted by Gasteiger charge is 2.23. The molecule has 1 amide bonds. The molecule has 8 heteroatoms. The van der Waals surface area contributed by atoms with Crippen LogP contribution in [0.4, 0.5) is 11.4 Å². The topological polar surface area (TPSA) is 93.9 Å². The Hall–Kier alpha value is -3.13. The molecule has 0 unspecified atom stereocenters. The van der Waals surface area contributed by atoms with Crippen LogP contribution >= 0.6 is 0 Å². The summed E-state index contributed by atoms with van der Waals surface area (Å²) in [6.45, 7) is 2.75. The van der Waals surface area contributed by atoms with Crippen LogP contribution in [0.5, 0.6) is 5.75 Å². The first-order valence-electron chi connectivity index (χ1n) is 8.61. The summed E-state index contributed by atoms with van der Waals surface area (Å²) in [5.41, 5.74) is 1.38. The maximum absolute atomic E-state index is 12.7.